The Kier molecular flexibility index (Phi) is 5.22. The van der Waals surface area contributed by atoms with Gasteiger partial charge in [0.25, 0.3) is 0 Å². The minimum atomic E-state index is 0.159. The van der Waals surface area contributed by atoms with Crippen LogP contribution in [0.1, 0.15) is 25.7 Å². The summed E-state index contributed by atoms with van der Waals surface area (Å²) in [4.78, 5) is 15.3. The number of hydrogen-bond donors (Lipinski definition) is 1. The molecule has 0 aliphatic heterocycles. The fraction of sp³-hybridized carbons (Fsp3) is 0.917. The van der Waals surface area contributed by atoms with Gasteiger partial charge in [-0.25, -0.2) is 0 Å². The van der Waals surface area contributed by atoms with E-state index in [1.54, 1.807) is 19.0 Å². The summed E-state index contributed by atoms with van der Waals surface area (Å²) in [5, 5.41) is 9.06. The SMILES string of the molecule is CN(C)C(=O)CN(C)C1CCC(CO)CC1. The van der Waals surface area contributed by atoms with E-state index in [4.69, 9.17) is 5.11 Å². The zero-order valence-electron chi connectivity index (χ0n) is 10.6. The van der Waals surface area contributed by atoms with Crippen molar-refractivity contribution in [3.05, 3.63) is 0 Å². The molecule has 94 valence electrons. The Morgan fingerprint density at radius 3 is 2.19 bits per heavy atom. The summed E-state index contributed by atoms with van der Waals surface area (Å²) in [7, 11) is 5.60. The fourth-order valence-electron chi connectivity index (χ4n) is 2.25. The summed E-state index contributed by atoms with van der Waals surface area (Å²) in [6.45, 7) is 0.814. The third-order valence-electron chi connectivity index (χ3n) is 3.58. The standard InChI is InChI=1S/C12H24N2O2/c1-13(2)12(16)8-14(3)11-6-4-10(9-15)5-7-11/h10-11,15H,4-9H2,1-3H3. The number of carbonyl (C=O) groups excluding carboxylic acids is 1. The lowest BCUT2D eigenvalue weighted by Crippen LogP contribution is -2.42. The first kappa shape index (κ1) is 13.5. The van der Waals surface area contributed by atoms with Gasteiger partial charge < -0.3 is 10.0 Å². The van der Waals surface area contributed by atoms with Crippen LogP contribution in [0, 0.1) is 5.92 Å². The Balaban J connectivity index is 2.33. The van der Waals surface area contributed by atoms with Crippen molar-refractivity contribution in [2.75, 3.05) is 34.3 Å². The number of rotatable bonds is 4. The van der Waals surface area contributed by atoms with Crippen LogP contribution in [0.2, 0.25) is 0 Å². The lowest BCUT2D eigenvalue weighted by Gasteiger charge is -2.34. The number of nitrogens with zero attached hydrogens (tertiary/aromatic N) is 2. The highest BCUT2D eigenvalue weighted by atomic mass is 16.3. The molecule has 1 amide bonds. The molecule has 1 aliphatic carbocycles. The predicted octanol–water partition coefficient (Wildman–Crippen LogP) is 0.557. The highest BCUT2D eigenvalue weighted by Gasteiger charge is 2.24. The molecule has 0 aromatic rings. The summed E-state index contributed by atoms with van der Waals surface area (Å²) in [5.41, 5.74) is 0. The van der Waals surface area contributed by atoms with Crippen LogP contribution in [0.3, 0.4) is 0 Å². The van der Waals surface area contributed by atoms with Crippen LogP contribution in [0.25, 0.3) is 0 Å². The molecule has 0 radical (unpaired) electrons. The second-order valence-electron chi connectivity index (χ2n) is 5.06. The van der Waals surface area contributed by atoms with Crippen molar-refractivity contribution in [2.45, 2.75) is 31.7 Å². The average Bonchev–Trinajstić information content (AvgIpc) is 2.28. The van der Waals surface area contributed by atoms with Crippen LogP contribution >= 0.6 is 0 Å². The first-order valence-corrected chi connectivity index (χ1v) is 6.05. The number of carbonyl (C=O) groups is 1. The minimum absolute atomic E-state index is 0.159. The molecule has 1 aliphatic rings. The van der Waals surface area contributed by atoms with E-state index in [-0.39, 0.29) is 5.91 Å². The van der Waals surface area contributed by atoms with Gasteiger partial charge in [0.1, 0.15) is 0 Å². The smallest absolute Gasteiger partial charge is 0.236 e. The molecule has 0 aromatic carbocycles. The van der Waals surface area contributed by atoms with Crippen LogP contribution in [0.5, 0.6) is 0 Å². The summed E-state index contributed by atoms with van der Waals surface area (Å²) in [5.74, 6) is 0.640. The zero-order chi connectivity index (χ0) is 12.1. The van der Waals surface area contributed by atoms with Crippen molar-refractivity contribution in [1.82, 2.24) is 9.80 Å². The topological polar surface area (TPSA) is 43.8 Å². The molecule has 16 heavy (non-hydrogen) atoms. The second-order valence-corrected chi connectivity index (χ2v) is 5.06. The maximum Gasteiger partial charge on any atom is 0.236 e. The van der Waals surface area contributed by atoms with Gasteiger partial charge in [-0.05, 0) is 38.6 Å². The van der Waals surface area contributed by atoms with E-state index in [0.717, 1.165) is 25.7 Å². The Labute approximate surface area is 98.2 Å². The number of likely N-dealkylation sites (N-methyl/N-ethyl adjacent to an activating group) is 2. The quantitative estimate of drug-likeness (QED) is 0.764. The summed E-state index contributed by atoms with van der Waals surface area (Å²) in [6.07, 6.45) is 4.37. The Morgan fingerprint density at radius 1 is 1.19 bits per heavy atom. The van der Waals surface area contributed by atoms with Crippen molar-refractivity contribution in [3.8, 4) is 0 Å². The lowest BCUT2D eigenvalue weighted by molar-refractivity contribution is -0.130. The Bertz CT molecular complexity index is 223. The van der Waals surface area contributed by atoms with Crippen molar-refractivity contribution in [1.29, 1.82) is 0 Å². The fourth-order valence-corrected chi connectivity index (χ4v) is 2.25. The van der Waals surface area contributed by atoms with Gasteiger partial charge in [-0.1, -0.05) is 0 Å². The number of aliphatic hydroxyl groups excluding tert-OH is 1. The van der Waals surface area contributed by atoms with E-state index in [0.29, 0.717) is 25.1 Å². The van der Waals surface area contributed by atoms with Crippen LogP contribution in [-0.2, 0) is 4.79 Å². The van der Waals surface area contributed by atoms with E-state index >= 15 is 0 Å². The van der Waals surface area contributed by atoms with Gasteiger partial charge in [-0.15, -0.1) is 0 Å². The van der Waals surface area contributed by atoms with Crippen LogP contribution in [0.4, 0.5) is 0 Å². The highest BCUT2D eigenvalue weighted by molar-refractivity contribution is 5.77. The molecule has 0 unspecified atom stereocenters. The van der Waals surface area contributed by atoms with E-state index in [1.165, 1.54) is 0 Å². The molecule has 1 fully saturated rings. The monoisotopic (exact) mass is 228 g/mol. The van der Waals surface area contributed by atoms with Crippen LogP contribution in [-0.4, -0.2) is 61.2 Å². The third kappa shape index (κ3) is 3.76. The van der Waals surface area contributed by atoms with E-state index in [9.17, 15) is 4.79 Å². The molecule has 1 saturated carbocycles. The largest absolute Gasteiger partial charge is 0.396 e. The Morgan fingerprint density at radius 2 is 1.75 bits per heavy atom. The molecular weight excluding hydrogens is 204 g/mol. The molecule has 4 nitrogen and oxygen atoms in total. The highest BCUT2D eigenvalue weighted by Crippen LogP contribution is 2.26. The van der Waals surface area contributed by atoms with Gasteiger partial charge >= 0.3 is 0 Å². The molecule has 0 aromatic heterocycles. The molecule has 0 atom stereocenters. The first-order chi connectivity index (χ1) is 7.54. The predicted molar refractivity (Wildman–Crippen MR) is 64.2 cm³/mol. The van der Waals surface area contributed by atoms with Gasteiger partial charge in [0.05, 0.1) is 6.54 Å². The number of aliphatic hydroxyl groups is 1. The van der Waals surface area contributed by atoms with Crippen molar-refractivity contribution >= 4 is 5.91 Å². The Hall–Kier alpha value is -0.610. The lowest BCUT2D eigenvalue weighted by atomic mass is 9.86. The van der Waals surface area contributed by atoms with Crippen molar-refractivity contribution < 1.29 is 9.90 Å². The van der Waals surface area contributed by atoms with Gasteiger partial charge in [-0.2, -0.15) is 0 Å². The normalized spacial score (nSPS) is 25.8. The minimum Gasteiger partial charge on any atom is -0.396 e. The van der Waals surface area contributed by atoms with E-state index in [2.05, 4.69) is 4.90 Å². The molecule has 0 saturated heterocycles. The number of amides is 1. The van der Waals surface area contributed by atoms with Gasteiger partial charge in [0, 0.05) is 26.7 Å². The van der Waals surface area contributed by atoms with Gasteiger partial charge in [0.2, 0.25) is 5.91 Å². The molecular formula is C12H24N2O2. The summed E-state index contributed by atoms with van der Waals surface area (Å²) >= 11 is 0. The zero-order valence-corrected chi connectivity index (χ0v) is 10.6. The molecule has 0 spiro atoms. The molecule has 0 heterocycles. The molecule has 0 bridgehead atoms. The van der Waals surface area contributed by atoms with Crippen molar-refractivity contribution in [3.63, 3.8) is 0 Å². The molecule has 4 heteroatoms. The summed E-state index contributed by atoms with van der Waals surface area (Å²) < 4.78 is 0. The first-order valence-electron chi connectivity index (χ1n) is 6.05. The van der Waals surface area contributed by atoms with Crippen LogP contribution in [0.15, 0.2) is 0 Å². The summed E-state index contributed by atoms with van der Waals surface area (Å²) in [6, 6.07) is 0.506. The second kappa shape index (κ2) is 6.21. The average molecular weight is 228 g/mol. The van der Waals surface area contributed by atoms with Crippen molar-refractivity contribution in [2.24, 2.45) is 5.92 Å². The van der Waals surface area contributed by atoms with E-state index < -0.39 is 0 Å². The molecule has 1 rings (SSSR count). The number of hydrogen-bond acceptors (Lipinski definition) is 3. The van der Waals surface area contributed by atoms with Gasteiger partial charge in [0.15, 0.2) is 0 Å². The van der Waals surface area contributed by atoms with Crippen LogP contribution < -0.4 is 0 Å². The van der Waals surface area contributed by atoms with Gasteiger partial charge in [-0.3, -0.25) is 9.69 Å². The maximum atomic E-state index is 11.6. The van der Waals surface area contributed by atoms with E-state index in [1.807, 2.05) is 7.05 Å². The maximum absolute atomic E-state index is 11.6. The molecule has 1 N–H and O–H groups in total. The third-order valence-corrected chi connectivity index (χ3v) is 3.58.